The number of carbonyl (C=O) groups is 1. The van der Waals surface area contributed by atoms with Gasteiger partial charge in [0.2, 0.25) is 15.9 Å². The van der Waals surface area contributed by atoms with Crippen molar-refractivity contribution in [2.45, 2.75) is 30.3 Å². The number of sulfonamides is 1. The van der Waals surface area contributed by atoms with Crippen molar-refractivity contribution in [3.63, 3.8) is 0 Å². The number of rotatable bonds is 6. The molecule has 1 aliphatic heterocycles. The molecule has 3 rings (SSSR count). The quantitative estimate of drug-likeness (QED) is 0.790. The van der Waals surface area contributed by atoms with Crippen LogP contribution in [-0.2, 0) is 21.4 Å². The molecule has 0 spiro atoms. The number of halogens is 1. The van der Waals surface area contributed by atoms with Crippen molar-refractivity contribution in [2.75, 3.05) is 25.5 Å². The van der Waals surface area contributed by atoms with Gasteiger partial charge in [0.15, 0.2) is 0 Å². The first-order valence-electron chi connectivity index (χ1n) is 8.96. The first-order valence-corrected chi connectivity index (χ1v) is 10.4. The van der Waals surface area contributed by atoms with Crippen LogP contribution in [0.3, 0.4) is 0 Å². The molecular weight excluding hydrogens is 383 g/mol. The predicted octanol–water partition coefficient (Wildman–Crippen LogP) is 1.76. The summed E-state index contributed by atoms with van der Waals surface area (Å²) in [5, 5.41) is 2.82. The molecule has 1 aromatic carbocycles. The maximum Gasteiger partial charge on any atom is 0.243 e. The van der Waals surface area contributed by atoms with Gasteiger partial charge in [-0.1, -0.05) is 0 Å². The molecule has 1 atom stereocenters. The van der Waals surface area contributed by atoms with Crippen molar-refractivity contribution >= 4 is 21.7 Å². The second-order valence-corrected chi connectivity index (χ2v) is 8.75. The fourth-order valence-electron chi connectivity index (χ4n) is 3.15. The molecule has 1 amide bonds. The molecule has 2 aromatic rings. The van der Waals surface area contributed by atoms with E-state index in [2.05, 4.69) is 10.3 Å². The number of aromatic nitrogens is 1. The first kappa shape index (κ1) is 20.2. The Morgan fingerprint density at radius 2 is 2.00 bits per heavy atom. The van der Waals surface area contributed by atoms with Crippen LogP contribution < -0.4 is 10.2 Å². The summed E-state index contributed by atoms with van der Waals surface area (Å²) in [4.78, 5) is 18.7. The van der Waals surface area contributed by atoms with Gasteiger partial charge in [-0.25, -0.2) is 17.8 Å². The molecule has 1 aromatic heterocycles. The Hall–Kier alpha value is -2.52. The highest BCUT2D eigenvalue weighted by Crippen LogP contribution is 2.26. The van der Waals surface area contributed by atoms with E-state index in [0.717, 1.165) is 23.5 Å². The van der Waals surface area contributed by atoms with Crippen molar-refractivity contribution in [1.29, 1.82) is 0 Å². The maximum atomic E-state index is 13.1. The van der Waals surface area contributed by atoms with Gasteiger partial charge in [-0.3, -0.25) is 4.79 Å². The number of nitrogens with zero attached hydrogens (tertiary/aromatic N) is 3. The summed E-state index contributed by atoms with van der Waals surface area (Å²) < 4.78 is 40.0. The summed E-state index contributed by atoms with van der Waals surface area (Å²) in [6, 6.07) is 7.53. The van der Waals surface area contributed by atoms with Crippen LogP contribution in [0.4, 0.5) is 10.2 Å². The number of amides is 1. The molecule has 1 N–H and O–H groups in total. The summed E-state index contributed by atoms with van der Waals surface area (Å²) >= 11 is 0. The van der Waals surface area contributed by atoms with Crippen molar-refractivity contribution in [3.8, 4) is 0 Å². The predicted molar refractivity (Wildman–Crippen MR) is 104 cm³/mol. The van der Waals surface area contributed by atoms with E-state index in [9.17, 15) is 17.6 Å². The third-order valence-corrected chi connectivity index (χ3v) is 6.58. The Morgan fingerprint density at radius 1 is 1.29 bits per heavy atom. The van der Waals surface area contributed by atoms with Crippen LogP contribution in [0, 0.1) is 5.82 Å². The fourth-order valence-corrected chi connectivity index (χ4v) is 4.81. The van der Waals surface area contributed by atoms with Gasteiger partial charge in [0.1, 0.15) is 17.7 Å². The molecule has 1 fully saturated rings. The van der Waals surface area contributed by atoms with E-state index < -0.39 is 21.9 Å². The zero-order valence-corrected chi connectivity index (χ0v) is 16.6. The molecule has 0 radical (unpaired) electrons. The van der Waals surface area contributed by atoms with Crippen LogP contribution in [0.5, 0.6) is 0 Å². The summed E-state index contributed by atoms with van der Waals surface area (Å²) in [5.74, 6) is -0.0800. The number of carbonyl (C=O) groups excluding carboxylic acids is 1. The van der Waals surface area contributed by atoms with Gasteiger partial charge in [-0.2, -0.15) is 4.31 Å². The van der Waals surface area contributed by atoms with Gasteiger partial charge >= 0.3 is 0 Å². The van der Waals surface area contributed by atoms with E-state index >= 15 is 0 Å². The third kappa shape index (κ3) is 4.31. The average Bonchev–Trinajstić information content (AvgIpc) is 3.17. The van der Waals surface area contributed by atoms with Crippen LogP contribution in [0.1, 0.15) is 18.4 Å². The third-order valence-electron chi connectivity index (χ3n) is 4.66. The molecule has 150 valence electrons. The molecule has 0 bridgehead atoms. The lowest BCUT2D eigenvalue weighted by molar-refractivity contribution is -0.124. The number of hydrogen-bond donors (Lipinski definition) is 1. The van der Waals surface area contributed by atoms with E-state index in [1.54, 1.807) is 12.3 Å². The van der Waals surface area contributed by atoms with E-state index in [-0.39, 0.29) is 23.9 Å². The molecule has 1 unspecified atom stereocenters. The largest absolute Gasteiger partial charge is 0.363 e. The Bertz CT molecular complexity index is 948. The summed E-state index contributed by atoms with van der Waals surface area (Å²) in [6.07, 6.45) is 2.71. The number of benzene rings is 1. The standard InChI is InChI=1S/C19H23FN4O3S/c1-23(2)18-12-14(9-10-21-18)13-22-19(25)17-4-3-11-24(17)28(26,27)16-7-5-15(20)6-8-16/h5-10,12,17H,3-4,11,13H2,1-2H3,(H,22,25). The van der Waals surface area contributed by atoms with Crippen LogP contribution in [0.25, 0.3) is 0 Å². The molecule has 2 heterocycles. The molecule has 28 heavy (non-hydrogen) atoms. The van der Waals surface area contributed by atoms with Crippen LogP contribution in [-0.4, -0.2) is 50.3 Å². The van der Waals surface area contributed by atoms with Gasteiger partial charge in [0, 0.05) is 33.4 Å². The SMILES string of the molecule is CN(C)c1cc(CNC(=O)C2CCCN2S(=O)(=O)c2ccc(F)cc2)ccn1. The van der Waals surface area contributed by atoms with E-state index in [4.69, 9.17) is 0 Å². The van der Waals surface area contributed by atoms with E-state index in [0.29, 0.717) is 12.8 Å². The highest BCUT2D eigenvalue weighted by Gasteiger charge is 2.39. The fraction of sp³-hybridized carbons (Fsp3) is 0.368. The van der Waals surface area contributed by atoms with Crippen LogP contribution in [0.15, 0.2) is 47.5 Å². The lowest BCUT2D eigenvalue weighted by Gasteiger charge is -2.23. The van der Waals surface area contributed by atoms with E-state index in [1.165, 1.54) is 16.4 Å². The molecule has 9 heteroatoms. The molecule has 0 aliphatic carbocycles. The highest BCUT2D eigenvalue weighted by molar-refractivity contribution is 7.89. The minimum Gasteiger partial charge on any atom is -0.363 e. The Morgan fingerprint density at radius 3 is 2.68 bits per heavy atom. The summed E-state index contributed by atoms with van der Waals surface area (Å²) in [7, 11) is -0.109. The monoisotopic (exact) mass is 406 g/mol. The van der Waals surface area contributed by atoms with Gasteiger partial charge in [-0.05, 0) is 54.8 Å². The van der Waals surface area contributed by atoms with Crippen LogP contribution in [0.2, 0.25) is 0 Å². The molecule has 7 nitrogen and oxygen atoms in total. The van der Waals surface area contributed by atoms with Crippen LogP contribution >= 0.6 is 0 Å². The molecular formula is C19H23FN4O3S. The molecule has 1 saturated heterocycles. The highest BCUT2D eigenvalue weighted by atomic mass is 32.2. The Labute approximate surface area is 164 Å². The summed E-state index contributed by atoms with van der Waals surface area (Å²) in [6.45, 7) is 0.543. The van der Waals surface area contributed by atoms with Gasteiger partial charge in [0.25, 0.3) is 0 Å². The van der Waals surface area contributed by atoms with E-state index in [1.807, 2.05) is 25.1 Å². The van der Waals surface area contributed by atoms with Crippen molar-refractivity contribution in [3.05, 3.63) is 54.0 Å². The van der Waals surface area contributed by atoms with Crippen molar-refractivity contribution in [1.82, 2.24) is 14.6 Å². The smallest absolute Gasteiger partial charge is 0.243 e. The first-order chi connectivity index (χ1) is 13.3. The topological polar surface area (TPSA) is 82.6 Å². The lowest BCUT2D eigenvalue weighted by atomic mass is 10.2. The van der Waals surface area contributed by atoms with Crippen molar-refractivity contribution in [2.24, 2.45) is 0 Å². The second kappa shape index (κ2) is 8.24. The van der Waals surface area contributed by atoms with Gasteiger partial charge in [0.05, 0.1) is 4.90 Å². The molecule has 0 saturated carbocycles. The minimum absolute atomic E-state index is 0.0154. The molecule has 1 aliphatic rings. The maximum absolute atomic E-state index is 13.1. The van der Waals surface area contributed by atoms with Gasteiger partial charge < -0.3 is 10.2 Å². The minimum atomic E-state index is -3.86. The summed E-state index contributed by atoms with van der Waals surface area (Å²) in [5.41, 5.74) is 0.873. The zero-order valence-electron chi connectivity index (χ0n) is 15.8. The normalized spacial score (nSPS) is 17.5. The van der Waals surface area contributed by atoms with Gasteiger partial charge in [-0.15, -0.1) is 0 Å². The Kier molecular flexibility index (Phi) is 5.95. The number of anilines is 1. The zero-order chi connectivity index (χ0) is 20.3. The number of pyridine rings is 1. The number of hydrogen-bond acceptors (Lipinski definition) is 5. The lowest BCUT2D eigenvalue weighted by Crippen LogP contribution is -2.45. The van der Waals surface area contributed by atoms with Crippen molar-refractivity contribution < 1.29 is 17.6 Å². The average molecular weight is 406 g/mol. The second-order valence-electron chi connectivity index (χ2n) is 6.86. The Balaban J connectivity index is 1.71. The number of nitrogens with one attached hydrogen (secondary N) is 1.